The molecule has 0 unspecified atom stereocenters. The normalized spacial score (nSPS) is 9.95. The number of hydrogen-bond donors (Lipinski definition) is 0. The van der Waals surface area contributed by atoms with Gasteiger partial charge >= 0.3 is 5.97 Å². The molecule has 2 aromatic rings. The lowest BCUT2D eigenvalue weighted by Gasteiger charge is -2.05. The summed E-state index contributed by atoms with van der Waals surface area (Å²) in [7, 11) is 3.23. The van der Waals surface area contributed by atoms with E-state index < -0.39 is 0 Å². The fourth-order valence-corrected chi connectivity index (χ4v) is 2.92. The highest BCUT2D eigenvalue weighted by Gasteiger charge is 2.07. The highest BCUT2D eigenvalue weighted by Crippen LogP contribution is 2.30. The molecule has 6 heteroatoms. The number of thioether (sulfide) groups is 1. The first kappa shape index (κ1) is 16.5. The molecule has 0 aliphatic heterocycles. The van der Waals surface area contributed by atoms with E-state index in [1.165, 1.54) is 18.9 Å². The summed E-state index contributed by atoms with van der Waals surface area (Å²) < 4.78 is 6.31. The fraction of sp³-hybridized carbons (Fsp3) is 0.250. The van der Waals surface area contributed by atoms with Gasteiger partial charge in [-0.15, -0.1) is 11.8 Å². The number of rotatable bonds is 4. The third-order valence-electron chi connectivity index (χ3n) is 2.79. The van der Waals surface area contributed by atoms with Crippen LogP contribution in [0.1, 0.15) is 17.7 Å². The van der Waals surface area contributed by atoms with E-state index in [4.69, 9.17) is 11.6 Å². The van der Waals surface area contributed by atoms with E-state index >= 15 is 0 Å². The van der Waals surface area contributed by atoms with E-state index in [0.29, 0.717) is 22.9 Å². The molecule has 22 heavy (non-hydrogen) atoms. The second-order valence-electron chi connectivity index (χ2n) is 4.42. The Hall–Kier alpha value is -1.90. The highest BCUT2D eigenvalue weighted by atomic mass is 35.5. The Bertz CT molecular complexity index is 731. The predicted molar refractivity (Wildman–Crippen MR) is 88.0 cm³/mol. The van der Waals surface area contributed by atoms with Crippen molar-refractivity contribution in [2.45, 2.75) is 11.3 Å². The number of aromatic nitrogens is 2. The number of hydrogen-bond acceptors (Lipinski definition) is 4. The van der Waals surface area contributed by atoms with E-state index in [0.717, 1.165) is 10.5 Å². The van der Waals surface area contributed by atoms with Gasteiger partial charge in [-0.2, -0.15) is 5.10 Å². The summed E-state index contributed by atoms with van der Waals surface area (Å²) in [5.74, 6) is 6.40. The molecule has 0 radical (unpaired) electrons. The second kappa shape index (κ2) is 7.92. The molecule has 2 rings (SSSR count). The van der Waals surface area contributed by atoms with Crippen LogP contribution in [0.4, 0.5) is 0 Å². The SMILES string of the molecule is COC(=O)CCSc1cccc(C#Cc2ccn(C)n2)c1Cl. The maximum Gasteiger partial charge on any atom is 0.306 e. The minimum absolute atomic E-state index is 0.227. The van der Waals surface area contributed by atoms with Gasteiger partial charge in [-0.05, 0) is 24.1 Å². The minimum Gasteiger partial charge on any atom is -0.469 e. The molecule has 0 fully saturated rings. The van der Waals surface area contributed by atoms with Gasteiger partial charge in [0, 0.05) is 29.5 Å². The quantitative estimate of drug-likeness (QED) is 0.489. The molecule has 4 nitrogen and oxygen atoms in total. The lowest BCUT2D eigenvalue weighted by Crippen LogP contribution is -2.01. The van der Waals surface area contributed by atoms with Crippen molar-refractivity contribution in [1.82, 2.24) is 9.78 Å². The van der Waals surface area contributed by atoms with Gasteiger partial charge in [0.25, 0.3) is 0 Å². The van der Waals surface area contributed by atoms with Gasteiger partial charge in [-0.1, -0.05) is 23.6 Å². The van der Waals surface area contributed by atoms with Crippen LogP contribution in [0, 0.1) is 11.8 Å². The summed E-state index contributed by atoms with van der Waals surface area (Å²) in [6, 6.07) is 7.52. The van der Waals surface area contributed by atoms with Crippen LogP contribution in [-0.2, 0) is 16.6 Å². The van der Waals surface area contributed by atoms with Crippen molar-refractivity contribution in [3.8, 4) is 11.8 Å². The molecule has 1 aromatic heterocycles. The van der Waals surface area contributed by atoms with Crippen LogP contribution < -0.4 is 0 Å². The monoisotopic (exact) mass is 334 g/mol. The lowest BCUT2D eigenvalue weighted by atomic mass is 10.2. The summed E-state index contributed by atoms with van der Waals surface area (Å²) in [4.78, 5) is 12.0. The Kier molecular flexibility index (Phi) is 5.93. The van der Waals surface area contributed by atoms with Crippen molar-refractivity contribution in [1.29, 1.82) is 0 Å². The zero-order valence-electron chi connectivity index (χ0n) is 12.3. The number of methoxy groups -OCH3 is 1. The number of carbonyl (C=O) groups excluding carboxylic acids is 1. The van der Waals surface area contributed by atoms with Crippen LogP contribution in [0.5, 0.6) is 0 Å². The largest absolute Gasteiger partial charge is 0.469 e. The molecule has 0 spiro atoms. The summed E-state index contributed by atoms with van der Waals surface area (Å²) in [5.41, 5.74) is 1.44. The molecule has 0 N–H and O–H groups in total. The number of nitrogens with zero attached hydrogens (tertiary/aromatic N) is 2. The number of halogens is 1. The van der Waals surface area contributed by atoms with E-state index in [9.17, 15) is 4.79 Å². The number of carbonyl (C=O) groups is 1. The van der Waals surface area contributed by atoms with E-state index in [1.807, 2.05) is 37.5 Å². The molecule has 0 atom stereocenters. The van der Waals surface area contributed by atoms with Gasteiger partial charge in [0.2, 0.25) is 0 Å². The number of aryl methyl sites for hydroxylation is 1. The van der Waals surface area contributed by atoms with Crippen LogP contribution >= 0.6 is 23.4 Å². The maximum atomic E-state index is 11.1. The van der Waals surface area contributed by atoms with Crippen molar-refractivity contribution in [3.05, 3.63) is 46.7 Å². The van der Waals surface area contributed by atoms with Crippen molar-refractivity contribution >= 4 is 29.3 Å². The topological polar surface area (TPSA) is 44.1 Å². The van der Waals surface area contributed by atoms with E-state index in [2.05, 4.69) is 21.7 Å². The van der Waals surface area contributed by atoms with Crippen molar-refractivity contribution in [2.75, 3.05) is 12.9 Å². The molecule has 114 valence electrons. The zero-order valence-corrected chi connectivity index (χ0v) is 13.9. The van der Waals surface area contributed by atoms with Crippen molar-refractivity contribution in [3.63, 3.8) is 0 Å². The second-order valence-corrected chi connectivity index (χ2v) is 5.93. The molecule has 1 heterocycles. The van der Waals surface area contributed by atoms with Gasteiger partial charge in [0.1, 0.15) is 5.69 Å². The Balaban J connectivity index is 2.09. The van der Waals surface area contributed by atoms with Crippen LogP contribution in [0.3, 0.4) is 0 Å². The van der Waals surface area contributed by atoms with Gasteiger partial charge < -0.3 is 4.74 Å². The van der Waals surface area contributed by atoms with Crippen molar-refractivity contribution < 1.29 is 9.53 Å². The summed E-state index contributed by atoms with van der Waals surface area (Å²) in [6.45, 7) is 0. The van der Waals surface area contributed by atoms with Gasteiger partial charge in [0.15, 0.2) is 0 Å². The molecule has 0 saturated carbocycles. The summed E-state index contributed by atoms with van der Waals surface area (Å²) in [6.07, 6.45) is 2.19. The molecular weight excluding hydrogens is 320 g/mol. The number of esters is 1. The number of ether oxygens (including phenoxy) is 1. The molecule has 0 aliphatic carbocycles. The Morgan fingerprint density at radius 2 is 2.23 bits per heavy atom. The van der Waals surface area contributed by atoms with Gasteiger partial charge in [-0.25, -0.2) is 0 Å². The van der Waals surface area contributed by atoms with E-state index in [-0.39, 0.29) is 5.97 Å². The third-order valence-corrected chi connectivity index (χ3v) is 4.37. The molecule has 0 amide bonds. The van der Waals surface area contributed by atoms with Crippen LogP contribution in [-0.4, -0.2) is 28.6 Å². The molecule has 1 aromatic carbocycles. The highest BCUT2D eigenvalue weighted by molar-refractivity contribution is 7.99. The number of benzene rings is 1. The average molecular weight is 335 g/mol. The standard InChI is InChI=1S/C16H15ClN2O2S/c1-19-10-8-13(18-19)7-6-12-4-3-5-14(16(12)17)22-11-9-15(20)21-2/h3-5,8,10H,9,11H2,1-2H3. The average Bonchev–Trinajstić information content (AvgIpc) is 2.93. The fourth-order valence-electron chi connectivity index (χ4n) is 1.68. The van der Waals surface area contributed by atoms with Crippen LogP contribution in [0.2, 0.25) is 5.02 Å². The first-order chi connectivity index (χ1) is 10.6. The summed E-state index contributed by atoms with van der Waals surface area (Å²) in [5, 5.41) is 4.80. The van der Waals surface area contributed by atoms with Gasteiger partial charge in [-0.3, -0.25) is 9.48 Å². The van der Waals surface area contributed by atoms with Crippen molar-refractivity contribution in [2.24, 2.45) is 7.05 Å². The van der Waals surface area contributed by atoms with Gasteiger partial charge in [0.05, 0.1) is 18.6 Å². The first-order valence-electron chi connectivity index (χ1n) is 6.60. The molecular formula is C16H15ClN2O2S. The predicted octanol–water partition coefficient (Wildman–Crippen LogP) is 3.13. The minimum atomic E-state index is -0.227. The Morgan fingerprint density at radius 1 is 1.41 bits per heavy atom. The summed E-state index contributed by atoms with van der Waals surface area (Å²) >= 11 is 7.87. The molecule has 0 bridgehead atoms. The Morgan fingerprint density at radius 3 is 2.91 bits per heavy atom. The first-order valence-corrected chi connectivity index (χ1v) is 7.96. The maximum absolute atomic E-state index is 11.1. The Labute approximate surface area is 138 Å². The lowest BCUT2D eigenvalue weighted by molar-refractivity contribution is -0.140. The van der Waals surface area contributed by atoms with Crippen LogP contribution in [0.25, 0.3) is 0 Å². The third kappa shape index (κ3) is 4.55. The smallest absolute Gasteiger partial charge is 0.306 e. The van der Waals surface area contributed by atoms with E-state index in [1.54, 1.807) is 4.68 Å². The van der Waals surface area contributed by atoms with Crippen LogP contribution in [0.15, 0.2) is 35.4 Å². The molecule has 0 aliphatic rings. The zero-order chi connectivity index (χ0) is 15.9. The molecule has 0 saturated heterocycles.